The molecule has 0 spiro atoms. The van der Waals surface area contributed by atoms with Crippen molar-refractivity contribution in [3.05, 3.63) is 65.0 Å². The van der Waals surface area contributed by atoms with Crippen molar-refractivity contribution in [2.45, 2.75) is 31.7 Å². The van der Waals surface area contributed by atoms with E-state index in [1.54, 1.807) is 16.5 Å². The number of hydrogen-bond donors (Lipinski definition) is 1. The van der Waals surface area contributed by atoms with Crippen LogP contribution >= 0.6 is 0 Å². The summed E-state index contributed by atoms with van der Waals surface area (Å²) < 4.78 is 34.9. The smallest absolute Gasteiger partial charge is 0.307 e. The van der Waals surface area contributed by atoms with Gasteiger partial charge in [-0.15, -0.1) is 0 Å². The maximum absolute atomic E-state index is 13.9. The molecule has 3 heterocycles. The molecule has 0 aliphatic heterocycles. The fraction of sp³-hybridized carbons (Fsp3) is 0.273. The van der Waals surface area contributed by atoms with Gasteiger partial charge in [0.1, 0.15) is 17.2 Å². The van der Waals surface area contributed by atoms with Crippen LogP contribution in [0.15, 0.2) is 40.9 Å². The first-order valence-corrected chi connectivity index (χ1v) is 9.71. The Morgan fingerprint density at radius 3 is 2.90 bits per heavy atom. The SMILES string of the molecule is CN(c1nc2ccc(F)cc2o1)C1CCc2c(CC(=O)O)c3ccc(F)cn3c2C1. The molecule has 8 heteroatoms. The van der Waals surface area contributed by atoms with Gasteiger partial charge in [-0.25, -0.2) is 8.78 Å². The van der Waals surface area contributed by atoms with Crippen LogP contribution in [0.25, 0.3) is 16.6 Å². The van der Waals surface area contributed by atoms with Crippen LogP contribution in [-0.4, -0.2) is 33.6 Å². The summed E-state index contributed by atoms with van der Waals surface area (Å²) in [5.74, 6) is -1.67. The second-order valence-corrected chi connectivity index (χ2v) is 7.69. The van der Waals surface area contributed by atoms with E-state index in [0.29, 0.717) is 30.0 Å². The van der Waals surface area contributed by atoms with Gasteiger partial charge < -0.3 is 18.8 Å². The Morgan fingerprint density at radius 1 is 1.30 bits per heavy atom. The molecule has 5 rings (SSSR count). The topological polar surface area (TPSA) is 71.0 Å². The molecule has 1 unspecified atom stereocenters. The summed E-state index contributed by atoms with van der Waals surface area (Å²) in [4.78, 5) is 17.8. The number of carboxylic acids is 1. The zero-order valence-electron chi connectivity index (χ0n) is 16.2. The number of aliphatic carboxylic acids is 1. The minimum atomic E-state index is -0.910. The quantitative estimate of drug-likeness (QED) is 0.550. The van der Waals surface area contributed by atoms with E-state index in [2.05, 4.69) is 4.98 Å². The molecule has 0 fully saturated rings. The van der Waals surface area contributed by atoms with Crippen molar-refractivity contribution >= 4 is 28.6 Å². The molecule has 4 aromatic rings. The maximum Gasteiger partial charge on any atom is 0.307 e. The summed E-state index contributed by atoms with van der Waals surface area (Å²) in [7, 11) is 1.87. The highest BCUT2D eigenvalue weighted by Crippen LogP contribution is 2.34. The molecule has 1 aromatic carbocycles. The lowest BCUT2D eigenvalue weighted by Crippen LogP contribution is -2.37. The van der Waals surface area contributed by atoms with Gasteiger partial charge in [0.25, 0.3) is 6.01 Å². The lowest BCUT2D eigenvalue weighted by atomic mass is 9.89. The van der Waals surface area contributed by atoms with Gasteiger partial charge in [0, 0.05) is 43.0 Å². The number of likely N-dealkylation sites (N-methyl/N-ethyl adjacent to an activating group) is 1. The van der Waals surface area contributed by atoms with Gasteiger partial charge >= 0.3 is 5.97 Å². The number of fused-ring (bicyclic) bond motifs is 4. The van der Waals surface area contributed by atoms with Crippen molar-refractivity contribution in [1.29, 1.82) is 0 Å². The molecule has 30 heavy (non-hydrogen) atoms. The summed E-state index contributed by atoms with van der Waals surface area (Å²) in [6.07, 6.45) is 3.34. The number of benzene rings is 1. The third-order valence-corrected chi connectivity index (χ3v) is 5.90. The monoisotopic (exact) mass is 411 g/mol. The Morgan fingerprint density at radius 2 is 2.10 bits per heavy atom. The van der Waals surface area contributed by atoms with Crippen LogP contribution in [0.4, 0.5) is 14.8 Å². The summed E-state index contributed by atoms with van der Waals surface area (Å²) in [5.41, 5.74) is 4.32. The minimum Gasteiger partial charge on any atom is -0.481 e. The van der Waals surface area contributed by atoms with E-state index in [0.717, 1.165) is 28.8 Å². The molecule has 0 saturated carbocycles. The van der Waals surface area contributed by atoms with Crippen molar-refractivity contribution in [3.63, 3.8) is 0 Å². The number of anilines is 1. The van der Waals surface area contributed by atoms with Gasteiger partial charge in [-0.2, -0.15) is 4.98 Å². The first-order chi connectivity index (χ1) is 14.4. The van der Waals surface area contributed by atoms with Crippen LogP contribution in [0.2, 0.25) is 0 Å². The van der Waals surface area contributed by atoms with Crippen molar-refractivity contribution < 1.29 is 23.1 Å². The van der Waals surface area contributed by atoms with Gasteiger partial charge in [0.15, 0.2) is 5.58 Å². The van der Waals surface area contributed by atoms with Crippen LogP contribution < -0.4 is 4.90 Å². The van der Waals surface area contributed by atoms with Crippen LogP contribution in [0.5, 0.6) is 0 Å². The first-order valence-electron chi connectivity index (χ1n) is 9.71. The summed E-state index contributed by atoms with van der Waals surface area (Å²) in [5, 5.41) is 9.34. The molecule has 0 bridgehead atoms. The Hall–Kier alpha value is -3.42. The lowest BCUT2D eigenvalue weighted by Gasteiger charge is -2.30. The molecule has 0 amide bonds. The summed E-state index contributed by atoms with van der Waals surface area (Å²) >= 11 is 0. The molecular weight excluding hydrogens is 392 g/mol. The average Bonchev–Trinajstić information content (AvgIpc) is 3.26. The van der Waals surface area contributed by atoms with Gasteiger partial charge in [-0.05, 0) is 48.2 Å². The Bertz CT molecular complexity index is 1290. The standard InChI is InChI=1S/C22H19F2N3O3/c1-26(22-25-17-6-2-12(23)8-20(17)30-22)14-4-5-15-16(10-21(28)29)18-7-3-13(24)11-27(18)19(15)9-14/h2-3,6-8,11,14H,4-5,9-10H2,1H3,(H,28,29). The molecule has 154 valence electrons. The fourth-order valence-electron chi connectivity index (χ4n) is 4.44. The van der Waals surface area contributed by atoms with E-state index < -0.39 is 5.97 Å². The highest BCUT2D eigenvalue weighted by atomic mass is 19.1. The number of hydrogen-bond acceptors (Lipinski definition) is 4. The largest absolute Gasteiger partial charge is 0.481 e. The number of carboxylic acid groups (broad SMARTS) is 1. The average molecular weight is 411 g/mol. The van der Waals surface area contributed by atoms with Gasteiger partial charge in [0.2, 0.25) is 0 Å². The number of carbonyl (C=O) groups is 1. The Labute approximate surface area is 170 Å². The predicted molar refractivity (Wildman–Crippen MR) is 107 cm³/mol. The summed E-state index contributed by atoms with van der Waals surface area (Å²) in [6, 6.07) is 7.63. The third-order valence-electron chi connectivity index (χ3n) is 5.90. The normalized spacial score (nSPS) is 16.2. The molecule has 1 aliphatic rings. The van der Waals surface area contributed by atoms with E-state index in [4.69, 9.17) is 4.42 Å². The molecule has 0 radical (unpaired) electrons. The van der Waals surface area contributed by atoms with Crippen molar-refractivity contribution in [1.82, 2.24) is 9.38 Å². The lowest BCUT2D eigenvalue weighted by molar-refractivity contribution is -0.136. The van der Waals surface area contributed by atoms with Gasteiger partial charge in [0.05, 0.1) is 6.42 Å². The van der Waals surface area contributed by atoms with Crippen molar-refractivity contribution in [2.75, 3.05) is 11.9 Å². The number of oxazole rings is 1. The third kappa shape index (κ3) is 2.99. The van der Waals surface area contributed by atoms with Crippen LogP contribution in [0.3, 0.4) is 0 Å². The fourth-order valence-corrected chi connectivity index (χ4v) is 4.44. The molecule has 0 saturated heterocycles. The van der Waals surface area contributed by atoms with Crippen molar-refractivity contribution in [2.24, 2.45) is 0 Å². The van der Waals surface area contributed by atoms with E-state index in [1.165, 1.54) is 24.4 Å². The number of rotatable bonds is 4. The maximum atomic E-state index is 13.9. The van der Waals surface area contributed by atoms with E-state index in [1.807, 2.05) is 11.9 Å². The molecule has 1 N–H and O–H groups in total. The van der Waals surface area contributed by atoms with E-state index >= 15 is 0 Å². The molecule has 1 aliphatic carbocycles. The van der Waals surface area contributed by atoms with Crippen LogP contribution in [0.1, 0.15) is 23.2 Å². The highest BCUT2D eigenvalue weighted by molar-refractivity contribution is 5.77. The first kappa shape index (κ1) is 18.6. The number of pyridine rings is 1. The van der Waals surface area contributed by atoms with E-state index in [9.17, 15) is 18.7 Å². The minimum absolute atomic E-state index is 0.0226. The van der Waals surface area contributed by atoms with Crippen LogP contribution in [-0.2, 0) is 24.1 Å². The molecular formula is C22H19F2N3O3. The Balaban J connectivity index is 1.52. The zero-order valence-corrected chi connectivity index (χ0v) is 16.2. The van der Waals surface area contributed by atoms with Crippen LogP contribution in [0, 0.1) is 11.6 Å². The second-order valence-electron chi connectivity index (χ2n) is 7.69. The predicted octanol–water partition coefficient (Wildman–Crippen LogP) is 3.98. The second kappa shape index (κ2) is 6.83. The highest BCUT2D eigenvalue weighted by Gasteiger charge is 2.30. The molecule has 3 aromatic heterocycles. The van der Waals surface area contributed by atoms with Gasteiger partial charge in [-0.3, -0.25) is 4.79 Å². The number of nitrogens with zero attached hydrogens (tertiary/aromatic N) is 3. The molecule has 1 atom stereocenters. The molecule has 6 nitrogen and oxygen atoms in total. The van der Waals surface area contributed by atoms with E-state index in [-0.39, 0.29) is 24.1 Å². The summed E-state index contributed by atoms with van der Waals surface area (Å²) in [6.45, 7) is 0. The zero-order chi connectivity index (χ0) is 21.0. The number of aromatic nitrogens is 2. The van der Waals surface area contributed by atoms with Crippen molar-refractivity contribution in [3.8, 4) is 0 Å². The Kier molecular flexibility index (Phi) is 4.23. The number of halogens is 2. The van der Waals surface area contributed by atoms with Gasteiger partial charge in [-0.1, -0.05) is 0 Å².